The van der Waals surface area contributed by atoms with Crippen molar-refractivity contribution in [2.45, 2.75) is 300 Å². The molecule has 124 heavy (non-hydrogen) atoms. The second-order valence-corrected chi connectivity index (χ2v) is 33.2. The van der Waals surface area contributed by atoms with E-state index in [1.807, 2.05) is 0 Å². The molecule has 3 saturated heterocycles. The SMILES string of the molecule is CC(C)C[C@H](NC(=O)[C@H](CC(=O)O)NC(=O)[C@@H](NC(=O)[C@@H]1CCCN1)C(C)C)C(=O)N[C@@H](CCCCN)C(=O)N[C@@H](CO)C(=O)N[C@@H](C)C(=O)N[C@@H](CCCCN)C(=O)N[C@@H](CCC(=O)O)C(=O)N1CCC[C@H]1C(=O)N[C@@H](CC(C)C)C(=O)N1CCC[C@H]1C(=O)N[C@@H](Cc1cnc[nH]1)C(=O)N[C@@H](CCC(N)=O)C(=O)N[C@H](C(=O)N[C@H](C(=O)O)C(C)C)[C@@H](C)O. The van der Waals surface area contributed by atoms with Gasteiger partial charge in [0.25, 0.3) is 0 Å². The first kappa shape index (κ1) is 105. The van der Waals surface area contributed by atoms with E-state index in [2.05, 4.69) is 84.4 Å². The first-order valence-electron chi connectivity index (χ1n) is 42.3. The molecular weight excluding hydrogens is 1630 g/mol. The Balaban J connectivity index is 1.52. The Kier molecular flexibility index (Phi) is 44.6. The van der Waals surface area contributed by atoms with Gasteiger partial charge in [-0.15, -0.1) is 0 Å². The van der Waals surface area contributed by atoms with Crippen molar-refractivity contribution in [2.24, 2.45) is 40.9 Å². The van der Waals surface area contributed by atoms with Crippen LogP contribution >= 0.6 is 0 Å². The van der Waals surface area contributed by atoms with E-state index in [0.717, 1.165) is 18.2 Å². The summed E-state index contributed by atoms with van der Waals surface area (Å²) in [4.78, 5) is 270. The van der Waals surface area contributed by atoms with Gasteiger partial charge in [-0.25, -0.2) is 9.78 Å². The molecule has 0 radical (unpaired) electrons. The van der Waals surface area contributed by atoms with Gasteiger partial charge in [0.2, 0.25) is 94.5 Å². The van der Waals surface area contributed by atoms with Crippen molar-refractivity contribution in [3.8, 4) is 0 Å². The van der Waals surface area contributed by atoms with Crippen LogP contribution in [0.25, 0.3) is 0 Å². The minimum absolute atomic E-state index is 0.0134. The number of imidazole rings is 1. The summed E-state index contributed by atoms with van der Waals surface area (Å²) in [6.45, 7) is 15.2. The largest absolute Gasteiger partial charge is 0.481 e. The van der Waals surface area contributed by atoms with Gasteiger partial charge in [-0.05, 0) is 160 Å². The van der Waals surface area contributed by atoms with Gasteiger partial charge < -0.3 is 132 Å². The Bertz CT molecular complexity index is 3820. The molecule has 0 spiro atoms. The number of nitrogens with zero attached hydrogens (tertiary/aromatic N) is 3. The number of nitrogens with one attached hydrogen (secondary N) is 15. The number of aromatic amines is 1. The minimum Gasteiger partial charge on any atom is -0.481 e. The number of aliphatic carboxylic acids is 3. The van der Waals surface area contributed by atoms with Crippen molar-refractivity contribution in [1.82, 2.24) is 94.2 Å². The number of primary amides is 1. The number of amides is 16. The highest BCUT2D eigenvalue weighted by molar-refractivity contribution is 6.02. The fourth-order valence-electron chi connectivity index (χ4n) is 14.4. The highest BCUT2D eigenvalue weighted by Gasteiger charge is 2.45. The Labute approximate surface area is 719 Å². The number of carboxylic acids is 3. The van der Waals surface area contributed by atoms with Crippen molar-refractivity contribution in [1.29, 1.82) is 0 Å². The van der Waals surface area contributed by atoms with Crippen LogP contribution in [0.4, 0.5) is 0 Å². The van der Waals surface area contributed by atoms with Gasteiger partial charge in [0.1, 0.15) is 90.6 Å². The Morgan fingerprint density at radius 2 is 0.895 bits per heavy atom. The molecule has 1 aromatic heterocycles. The lowest BCUT2D eigenvalue weighted by Gasteiger charge is -2.33. The number of likely N-dealkylation sites (tertiary alicyclic amines) is 2. The average Bonchev–Trinajstić information content (AvgIpc) is 1.64. The smallest absolute Gasteiger partial charge is 0.326 e. The van der Waals surface area contributed by atoms with Crippen molar-refractivity contribution < 1.29 is 117 Å². The van der Waals surface area contributed by atoms with E-state index >= 15 is 0 Å². The number of aromatic nitrogens is 2. The summed E-state index contributed by atoms with van der Waals surface area (Å²) < 4.78 is 0. The molecule has 4 rings (SSSR count). The van der Waals surface area contributed by atoms with Crippen LogP contribution in [0.15, 0.2) is 12.5 Å². The van der Waals surface area contributed by atoms with Gasteiger partial charge in [0.05, 0.1) is 31.5 Å². The van der Waals surface area contributed by atoms with Crippen LogP contribution in [0.3, 0.4) is 0 Å². The van der Waals surface area contributed by atoms with Crippen LogP contribution in [-0.2, 0) is 97.5 Å². The number of rotatable bonds is 55. The maximum atomic E-state index is 14.9. The number of H-pyrrole nitrogens is 1. The first-order valence-corrected chi connectivity index (χ1v) is 42.3. The van der Waals surface area contributed by atoms with E-state index in [-0.39, 0.29) is 109 Å². The molecule has 3 aliphatic heterocycles. The van der Waals surface area contributed by atoms with Gasteiger partial charge in [-0.2, -0.15) is 0 Å². The predicted octanol–water partition coefficient (Wildman–Crippen LogP) is -6.27. The van der Waals surface area contributed by atoms with Crippen LogP contribution in [0.2, 0.25) is 0 Å². The van der Waals surface area contributed by atoms with Crippen molar-refractivity contribution in [3.63, 3.8) is 0 Å². The maximum Gasteiger partial charge on any atom is 0.326 e. The number of unbranched alkanes of at least 4 members (excludes halogenated alkanes) is 2. The van der Waals surface area contributed by atoms with Crippen LogP contribution in [0.1, 0.15) is 197 Å². The molecule has 0 bridgehead atoms. The van der Waals surface area contributed by atoms with Gasteiger partial charge in [0, 0.05) is 44.2 Å². The number of carboxylic acid groups (broad SMARTS) is 3. The molecule has 16 amide bonds. The molecule has 0 saturated carbocycles. The number of nitrogens with two attached hydrogens (primary N) is 3. The lowest BCUT2D eigenvalue weighted by molar-refractivity contribution is -0.145. The van der Waals surface area contributed by atoms with Crippen molar-refractivity contribution in [2.75, 3.05) is 39.3 Å². The summed E-state index contributed by atoms with van der Waals surface area (Å²) >= 11 is 0. The second-order valence-electron chi connectivity index (χ2n) is 33.2. The lowest BCUT2D eigenvalue weighted by Crippen LogP contribution is -2.61. The molecular formula is C79H131N21O24. The quantitative estimate of drug-likeness (QED) is 0.0270. The molecule has 45 nitrogen and oxygen atoms in total. The monoisotopic (exact) mass is 1760 g/mol. The normalized spacial score (nSPS) is 18.5. The number of carbonyl (C=O) groups excluding carboxylic acids is 16. The van der Waals surface area contributed by atoms with Crippen LogP contribution in [-0.4, -0.2) is 300 Å². The highest BCUT2D eigenvalue weighted by Crippen LogP contribution is 2.25. The van der Waals surface area contributed by atoms with E-state index in [4.69, 9.17) is 17.2 Å². The Morgan fingerprint density at radius 1 is 0.452 bits per heavy atom. The molecule has 17 atom stereocenters. The molecule has 3 aliphatic rings. The predicted molar refractivity (Wildman–Crippen MR) is 442 cm³/mol. The van der Waals surface area contributed by atoms with Gasteiger partial charge >= 0.3 is 17.9 Å². The molecule has 0 aromatic carbocycles. The molecule has 26 N–H and O–H groups in total. The van der Waals surface area contributed by atoms with Crippen LogP contribution in [0.5, 0.6) is 0 Å². The standard InChI is InChI=1S/C79H131N21O24/c1-39(2)32-51(91-71(115)53(35-60(106)107)93-75(119)61(41(5)6)96-65(109)46-20-15-29-84-46)69(113)88-48(19-12-14-28-81)67(111)95-55(37-101)72(116)86-43(9)64(108)87-47(18-11-13-27-80)66(110)90-50(24-26-59(104)105)77(121)99-30-16-22-57(99)74(118)94-54(33-40(3)4)78(122)100-31-17-21-56(100)73(117)92-52(34-45-36-83-38-85-45)70(114)89-49(23-25-58(82)103)68(112)98-63(44(10)102)76(120)97-62(42(7)8)79(123)124/h36,38-44,46-57,61-63,84,101-102H,11-35,37,80-81H2,1-10H3,(H2,82,103)(H,83,85)(H,86,116)(H,87,108)(H,88,113)(H,89,114)(H,90,110)(H,91,115)(H,92,117)(H,93,119)(H,94,118)(H,95,111)(H,96,109)(H,97,120)(H,98,112)(H,104,105)(H,106,107)(H,123,124)/t43-,44+,46-,47-,48-,49-,50-,51-,52-,53-,54-,55-,56-,57-,61-,62-,63-/m0/s1. The third kappa shape index (κ3) is 34.6. The zero-order valence-corrected chi connectivity index (χ0v) is 72.2. The first-order chi connectivity index (χ1) is 58.4. The van der Waals surface area contributed by atoms with Crippen LogP contribution in [0, 0.1) is 23.7 Å². The second kappa shape index (κ2) is 52.5. The maximum absolute atomic E-state index is 14.9. The van der Waals surface area contributed by atoms with E-state index in [1.54, 1.807) is 41.5 Å². The third-order valence-electron chi connectivity index (χ3n) is 21.2. The minimum atomic E-state index is -1.81. The highest BCUT2D eigenvalue weighted by atomic mass is 16.4. The number of carbonyl (C=O) groups is 19. The van der Waals surface area contributed by atoms with E-state index in [0.29, 0.717) is 31.5 Å². The summed E-state index contributed by atoms with van der Waals surface area (Å²) in [5, 5.41) is 86.0. The summed E-state index contributed by atoms with van der Waals surface area (Å²) in [5.41, 5.74) is 17.3. The molecule has 0 unspecified atom stereocenters. The van der Waals surface area contributed by atoms with Gasteiger partial charge in [-0.3, -0.25) is 86.3 Å². The average molecular weight is 1760 g/mol. The summed E-state index contributed by atoms with van der Waals surface area (Å²) in [6.07, 6.45) is 0.0534. The Hall–Kier alpha value is -11.1. The lowest BCUT2D eigenvalue weighted by atomic mass is 10.00. The van der Waals surface area contributed by atoms with Crippen molar-refractivity contribution >= 4 is 112 Å². The molecule has 696 valence electrons. The summed E-state index contributed by atoms with van der Waals surface area (Å²) in [6, 6.07) is -23.4. The van der Waals surface area contributed by atoms with E-state index in [1.165, 1.54) is 38.2 Å². The third-order valence-corrected chi connectivity index (χ3v) is 21.2. The van der Waals surface area contributed by atoms with Gasteiger partial charge in [-0.1, -0.05) is 55.4 Å². The number of hydrogen-bond acceptors (Lipinski definition) is 25. The summed E-state index contributed by atoms with van der Waals surface area (Å²) in [5.74, 6) is -21.1. The molecule has 4 heterocycles. The van der Waals surface area contributed by atoms with E-state index < -0.39 is 266 Å². The fourth-order valence-corrected chi connectivity index (χ4v) is 14.4. The zero-order chi connectivity index (χ0) is 92.9. The summed E-state index contributed by atoms with van der Waals surface area (Å²) in [7, 11) is 0. The molecule has 45 heteroatoms. The van der Waals surface area contributed by atoms with Gasteiger partial charge in [0.15, 0.2) is 0 Å². The Morgan fingerprint density at radius 3 is 1.37 bits per heavy atom. The number of aliphatic hydroxyl groups is 2. The molecule has 0 aliphatic carbocycles. The molecule has 1 aromatic rings. The fraction of sp³-hybridized carbons (Fsp3) is 0.722. The van der Waals surface area contributed by atoms with Crippen molar-refractivity contribution in [3.05, 3.63) is 18.2 Å². The zero-order valence-electron chi connectivity index (χ0n) is 72.2. The number of hydrogen-bond donors (Lipinski definition) is 23. The van der Waals surface area contributed by atoms with Crippen LogP contribution < -0.4 is 91.6 Å². The number of aliphatic hydroxyl groups excluding tert-OH is 2. The topological polar surface area (TPSA) is 707 Å². The molecule has 3 fully saturated rings. The van der Waals surface area contributed by atoms with E-state index in [9.17, 15) is 117 Å².